The molecule has 6 rings (SSSR count). The van der Waals surface area contributed by atoms with Crippen molar-refractivity contribution in [2.45, 2.75) is 19.6 Å². The summed E-state index contributed by atoms with van der Waals surface area (Å²) in [6.07, 6.45) is 2.27. The van der Waals surface area contributed by atoms with E-state index in [9.17, 15) is 0 Å². The molecule has 0 aliphatic carbocycles. The molecular weight excluding hydrogens is 502 g/mol. The zero-order valence-electron chi connectivity index (χ0n) is 23.3. The van der Waals surface area contributed by atoms with Crippen LogP contribution in [0.15, 0.2) is 83.5 Å². The van der Waals surface area contributed by atoms with Gasteiger partial charge in [-0.25, -0.2) is 0 Å². The van der Waals surface area contributed by atoms with Crippen LogP contribution in [0.3, 0.4) is 0 Å². The summed E-state index contributed by atoms with van der Waals surface area (Å²) in [7, 11) is 1.68. The van der Waals surface area contributed by atoms with Crippen LogP contribution >= 0.6 is 0 Å². The standard InChI is InChI=1S/C33H37N3O4/c1-24(17-25-9-5-3-6-10-25)20-35-13-15-36(16-14-35)21-32-29-23-39-31-18-26(22-38-27-11-7-4-8-12-27)30(37-2)19-28(31)33(29)34-40-32/h3-12,17-19,29,32H,13-16,20-23H2,1-2H3. The number of fused-ring (bicyclic) bond motifs is 3. The Hall–Kier alpha value is -3.81. The molecule has 1 fully saturated rings. The molecule has 0 amide bonds. The summed E-state index contributed by atoms with van der Waals surface area (Å²) >= 11 is 0. The van der Waals surface area contributed by atoms with Crippen LogP contribution in [-0.4, -0.2) is 74.6 Å². The summed E-state index contributed by atoms with van der Waals surface area (Å²) < 4.78 is 17.9. The third-order valence-electron chi connectivity index (χ3n) is 7.89. The number of hydrogen-bond acceptors (Lipinski definition) is 7. The summed E-state index contributed by atoms with van der Waals surface area (Å²) in [5.41, 5.74) is 5.50. The molecule has 3 heterocycles. The first-order valence-corrected chi connectivity index (χ1v) is 14.1. The average Bonchev–Trinajstić information content (AvgIpc) is 3.40. The van der Waals surface area contributed by atoms with E-state index in [2.05, 4.69) is 58.3 Å². The van der Waals surface area contributed by atoms with Gasteiger partial charge < -0.3 is 19.0 Å². The van der Waals surface area contributed by atoms with Gasteiger partial charge >= 0.3 is 0 Å². The highest BCUT2D eigenvalue weighted by atomic mass is 16.6. The van der Waals surface area contributed by atoms with Crippen molar-refractivity contribution in [2.75, 3.05) is 53.0 Å². The number of benzene rings is 3. The van der Waals surface area contributed by atoms with E-state index >= 15 is 0 Å². The van der Waals surface area contributed by atoms with Gasteiger partial charge in [-0.05, 0) is 36.8 Å². The maximum Gasteiger partial charge on any atom is 0.151 e. The first kappa shape index (κ1) is 26.4. The smallest absolute Gasteiger partial charge is 0.151 e. The Morgan fingerprint density at radius 3 is 2.45 bits per heavy atom. The first-order chi connectivity index (χ1) is 19.7. The number of hydrogen-bond donors (Lipinski definition) is 0. The lowest BCUT2D eigenvalue weighted by molar-refractivity contribution is 0.0101. The molecule has 0 N–H and O–H groups in total. The minimum absolute atomic E-state index is 0.0125. The predicted molar refractivity (Wildman–Crippen MR) is 157 cm³/mol. The topological polar surface area (TPSA) is 55.8 Å². The molecule has 3 aromatic carbocycles. The molecule has 0 radical (unpaired) electrons. The minimum Gasteiger partial charge on any atom is -0.496 e. The number of nitrogens with zero attached hydrogens (tertiary/aromatic N) is 3. The Morgan fingerprint density at radius 2 is 1.70 bits per heavy atom. The molecule has 7 heteroatoms. The number of methoxy groups -OCH3 is 1. The summed E-state index contributed by atoms with van der Waals surface area (Å²) in [5.74, 6) is 2.49. The van der Waals surface area contributed by atoms with E-state index < -0.39 is 0 Å². The third-order valence-corrected chi connectivity index (χ3v) is 7.89. The van der Waals surface area contributed by atoms with Gasteiger partial charge in [0.25, 0.3) is 0 Å². The summed E-state index contributed by atoms with van der Waals surface area (Å²) in [5, 5.41) is 4.54. The van der Waals surface area contributed by atoms with E-state index in [1.165, 1.54) is 11.1 Å². The molecule has 3 aliphatic heterocycles. The van der Waals surface area contributed by atoms with E-state index in [1.54, 1.807) is 7.11 Å². The monoisotopic (exact) mass is 539 g/mol. The SMILES string of the molecule is COc1cc2c(cc1COc1ccccc1)OCC1C2=NOC1CN1CCN(CC(C)=Cc2ccccc2)CC1. The molecule has 0 spiro atoms. The Labute approximate surface area is 236 Å². The second-order valence-corrected chi connectivity index (χ2v) is 10.8. The quantitative estimate of drug-likeness (QED) is 0.377. The van der Waals surface area contributed by atoms with Crippen LogP contribution in [0.4, 0.5) is 0 Å². The number of para-hydroxylation sites is 1. The number of piperazine rings is 1. The Bertz CT molecular complexity index is 1350. The van der Waals surface area contributed by atoms with Gasteiger partial charge in [-0.1, -0.05) is 65.3 Å². The molecule has 0 saturated carbocycles. The number of rotatable bonds is 9. The second-order valence-electron chi connectivity index (χ2n) is 10.8. The molecule has 40 heavy (non-hydrogen) atoms. The van der Waals surface area contributed by atoms with Crippen LogP contribution in [0.25, 0.3) is 6.08 Å². The van der Waals surface area contributed by atoms with Gasteiger partial charge in [0.05, 0.1) is 13.0 Å². The molecule has 3 aliphatic rings. The van der Waals surface area contributed by atoms with Gasteiger partial charge in [-0.15, -0.1) is 0 Å². The Balaban J connectivity index is 1.04. The fourth-order valence-electron chi connectivity index (χ4n) is 5.74. The van der Waals surface area contributed by atoms with Gasteiger partial charge in [0, 0.05) is 50.4 Å². The molecule has 0 aromatic heterocycles. The van der Waals surface area contributed by atoms with Crippen molar-refractivity contribution >= 4 is 11.8 Å². The number of ether oxygens (including phenoxy) is 3. The molecule has 1 saturated heterocycles. The van der Waals surface area contributed by atoms with Crippen molar-refractivity contribution in [2.24, 2.45) is 11.1 Å². The van der Waals surface area contributed by atoms with Gasteiger partial charge in [0.2, 0.25) is 0 Å². The van der Waals surface area contributed by atoms with E-state index in [-0.39, 0.29) is 12.0 Å². The van der Waals surface area contributed by atoms with E-state index in [1.807, 2.05) is 42.5 Å². The van der Waals surface area contributed by atoms with E-state index in [0.29, 0.717) is 13.2 Å². The van der Waals surface area contributed by atoms with Gasteiger partial charge in [-0.2, -0.15) is 0 Å². The molecule has 208 valence electrons. The molecular formula is C33H37N3O4. The highest BCUT2D eigenvalue weighted by Gasteiger charge is 2.41. The summed E-state index contributed by atoms with van der Waals surface area (Å²) in [4.78, 5) is 11.0. The lowest BCUT2D eigenvalue weighted by Gasteiger charge is -2.36. The predicted octanol–water partition coefficient (Wildman–Crippen LogP) is 5.11. The zero-order valence-corrected chi connectivity index (χ0v) is 23.3. The van der Waals surface area contributed by atoms with E-state index in [0.717, 1.165) is 73.4 Å². The maximum absolute atomic E-state index is 6.25. The summed E-state index contributed by atoms with van der Waals surface area (Å²) in [6.45, 7) is 9.18. The first-order valence-electron chi connectivity index (χ1n) is 14.1. The molecule has 7 nitrogen and oxygen atoms in total. The average molecular weight is 540 g/mol. The van der Waals surface area contributed by atoms with Crippen LogP contribution in [-0.2, 0) is 11.4 Å². The summed E-state index contributed by atoms with van der Waals surface area (Å²) in [6, 6.07) is 24.4. The second kappa shape index (κ2) is 12.1. The van der Waals surface area contributed by atoms with Gasteiger partial charge in [-0.3, -0.25) is 9.80 Å². The van der Waals surface area contributed by atoms with Gasteiger partial charge in [0.1, 0.15) is 36.2 Å². The lowest BCUT2D eigenvalue weighted by Crippen LogP contribution is -2.50. The highest BCUT2D eigenvalue weighted by molar-refractivity contribution is 6.06. The number of oxime groups is 1. The molecule has 2 unspecified atom stereocenters. The fourth-order valence-corrected chi connectivity index (χ4v) is 5.74. The minimum atomic E-state index is -0.0125. The molecule has 3 aromatic rings. The largest absolute Gasteiger partial charge is 0.496 e. The maximum atomic E-state index is 6.25. The van der Waals surface area contributed by atoms with Crippen molar-refractivity contribution < 1.29 is 19.0 Å². The third kappa shape index (κ3) is 6.01. The molecule has 2 atom stereocenters. The normalized spacial score (nSPS) is 21.1. The van der Waals surface area contributed by atoms with Crippen LogP contribution in [0, 0.1) is 5.92 Å². The van der Waals surface area contributed by atoms with Crippen LogP contribution in [0.1, 0.15) is 23.6 Å². The van der Waals surface area contributed by atoms with Crippen LogP contribution in [0.5, 0.6) is 17.2 Å². The van der Waals surface area contributed by atoms with Crippen molar-refractivity contribution in [1.29, 1.82) is 0 Å². The van der Waals surface area contributed by atoms with E-state index in [4.69, 9.17) is 19.0 Å². The van der Waals surface area contributed by atoms with Crippen LogP contribution in [0.2, 0.25) is 0 Å². The highest BCUT2D eigenvalue weighted by Crippen LogP contribution is 2.38. The van der Waals surface area contributed by atoms with Crippen molar-refractivity contribution in [3.8, 4) is 17.2 Å². The Kier molecular flexibility index (Phi) is 8.02. The fraction of sp³-hybridized carbons (Fsp3) is 0.364. The van der Waals surface area contributed by atoms with Crippen molar-refractivity contribution in [3.05, 3.63) is 95.1 Å². The van der Waals surface area contributed by atoms with Crippen molar-refractivity contribution in [3.63, 3.8) is 0 Å². The zero-order chi connectivity index (χ0) is 27.3. The van der Waals surface area contributed by atoms with Gasteiger partial charge in [0.15, 0.2) is 6.10 Å². The Morgan fingerprint density at radius 1 is 0.975 bits per heavy atom. The van der Waals surface area contributed by atoms with Crippen LogP contribution < -0.4 is 14.2 Å². The van der Waals surface area contributed by atoms with Crippen molar-refractivity contribution in [1.82, 2.24) is 9.80 Å². The molecule has 0 bridgehead atoms. The lowest BCUT2D eigenvalue weighted by atomic mass is 9.89.